The molecule has 0 aromatic heterocycles. The van der Waals surface area contributed by atoms with Crippen LogP contribution in [-0.4, -0.2) is 12.7 Å². The lowest BCUT2D eigenvalue weighted by atomic mass is 10.2. The Balaban J connectivity index is 1.60. The van der Waals surface area contributed by atoms with E-state index in [1.54, 1.807) is 0 Å². The van der Waals surface area contributed by atoms with Gasteiger partial charge in [0.05, 0.1) is 6.10 Å². The van der Waals surface area contributed by atoms with Crippen molar-refractivity contribution >= 4 is 0 Å². The van der Waals surface area contributed by atoms with Crippen molar-refractivity contribution in [3.05, 3.63) is 35.9 Å². The van der Waals surface area contributed by atoms with Crippen LogP contribution >= 0.6 is 0 Å². The van der Waals surface area contributed by atoms with Crippen molar-refractivity contribution in [2.45, 2.75) is 44.6 Å². The standard InChI is InChI=1S/C17H20F2O2/c18-16-14(20-11-3-4-12-7-8-12)9-10-15(17(16)19)21-13-5-1-2-6-13/h3-4,9-10,12-13H,1-2,5-8,11H2/b4-3+. The molecule has 0 aliphatic heterocycles. The van der Waals surface area contributed by atoms with E-state index in [0.717, 1.165) is 25.7 Å². The molecule has 2 aliphatic rings. The molecule has 0 radical (unpaired) electrons. The van der Waals surface area contributed by atoms with Gasteiger partial charge in [0.2, 0.25) is 11.6 Å². The molecule has 0 saturated heterocycles. The van der Waals surface area contributed by atoms with E-state index in [9.17, 15) is 8.78 Å². The van der Waals surface area contributed by atoms with Crippen LogP contribution in [0.15, 0.2) is 24.3 Å². The van der Waals surface area contributed by atoms with Crippen molar-refractivity contribution in [2.24, 2.45) is 5.92 Å². The summed E-state index contributed by atoms with van der Waals surface area (Å²) in [4.78, 5) is 0. The Morgan fingerprint density at radius 1 is 1.00 bits per heavy atom. The van der Waals surface area contributed by atoms with Crippen molar-refractivity contribution in [2.75, 3.05) is 6.61 Å². The molecule has 1 aromatic carbocycles. The largest absolute Gasteiger partial charge is 0.487 e. The molecule has 0 N–H and O–H groups in total. The van der Waals surface area contributed by atoms with Crippen LogP contribution in [0.1, 0.15) is 38.5 Å². The first-order valence-corrected chi connectivity index (χ1v) is 7.68. The number of ether oxygens (including phenoxy) is 2. The minimum absolute atomic E-state index is 0.00661. The second kappa shape index (κ2) is 6.46. The predicted molar refractivity (Wildman–Crippen MR) is 76.6 cm³/mol. The first kappa shape index (κ1) is 14.4. The molecular weight excluding hydrogens is 274 g/mol. The highest BCUT2D eigenvalue weighted by molar-refractivity contribution is 5.35. The monoisotopic (exact) mass is 294 g/mol. The summed E-state index contributed by atoms with van der Waals surface area (Å²) in [5.41, 5.74) is 0. The maximum Gasteiger partial charge on any atom is 0.204 e. The van der Waals surface area contributed by atoms with Crippen LogP contribution in [0.4, 0.5) is 8.78 Å². The van der Waals surface area contributed by atoms with Crippen molar-refractivity contribution in [3.8, 4) is 11.5 Å². The van der Waals surface area contributed by atoms with Gasteiger partial charge in [0.1, 0.15) is 6.61 Å². The molecule has 2 aliphatic carbocycles. The van der Waals surface area contributed by atoms with Crippen molar-refractivity contribution in [1.29, 1.82) is 0 Å². The Morgan fingerprint density at radius 2 is 1.67 bits per heavy atom. The van der Waals surface area contributed by atoms with Gasteiger partial charge in [-0.25, -0.2) is 0 Å². The summed E-state index contributed by atoms with van der Waals surface area (Å²) in [5, 5.41) is 0. The van der Waals surface area contributed by atoms with E-state index in [1.165, 1.54) is 25.0 Å². The third-order valence-corrected chi connectivity index (χ3v) is 3.97. The van der Waals surface area contributed by atoms with Gasteiger partial charge in [0.15, 0.2) is 11.5 Å². The fourth-order valence-electron chi connectivity index (χ4n) is 2.58. The van der Waals surface area contributed by atoms with Crippen LogP contribution in [0.2, 0.25) is 0 Å². The third kappa shape index (κ3) is 3.74. The Hall–Kier alpha value is -1.58. The second-order valence-electron chi connectivity index (χ2n) is 5.79. The lowest BCUT2D eigenvalue weighted by Gasteiger charge is -2.15. The summed E-state index contributed by atoms with van der Waals surface area (Å²) in [6.45, 7) is 0.260. The number of rotatable bonds is 6. The smallest absolute Gasteiger partial charge is 0.204 e. The van der Waals surface area contributed by atoms with Gasteiger partial charge < -0.3 is 9.47 Å². The average molecular weight is 294 g/mol. The van der Waals surface area contributed by atoms with E-state index in [1.807, 2.05) is 6.08 Å². The van der Waals surface area contributed by atoms with Gasteiger partial charge in [-0.2, -0.15) is 8.78 Å². The molecule has 2 fully saturated rings. The molecule has 21 heavy (non-hydrogen) atoms. The average Bonchev–Trinajstić information content (AvgIpc) is 3.17. The summed E-state index contributed by atoms with van der Waals surface area (Å²) >= 11 is 0. The van der Waals surface area contributed by atoms with Gasteiger partial charge in [0.25, 0.3) is 0 Å². The van der Waals surface area contributed by atoms with Gasteiger partial charge in [0, 0.05) is 0 Å². The number of hydrogen-bond acceptors (Lipinski definition) is 2. The van der Waals surface area contributed by atoms with Crippen molar-refractivity contribution in [1.82, 2.24) is 0 Å². The summed E-state index contributed by atoms with van der Waals surface area (Å²) in [6.07, 6.45) is 10.3. The fraction of sp³-hybridized carbons (Fsp3) is 0.529. The zero-order valence-electron chi connectivity index (χ0n) is 12.0. The second-order valence-corrected chi connectivity index (χ2v) is 5.79. The number of benzene rings is 1. The van der Waals surface area contributed by atoms with E-state index in [4.69, 9.17) is 9.47 Å². The highest BCUT2D eigenvalue weighted by Gasteiger charge is 2.21. The zero-order valence-corrected chi connectivity index (χ0v) is 12.0. The lowest BCUT2D eigenvalue weighted by molar-refractivity contribution is 0.197. The molecule has 0 bridgehead atoms. The molecule has 114 valence electrons. The van der Waals surface area contributed by atoms with Gasteiger partial charge in [-0.3, -0.25) is 0 Å². The molecule has 4 heteroatoms. The first-order chi connectivity index (χ1) is 10.2. The lowest BCUT2D eigenvalue weighted by Crippen LogP contribution is -2.12. The van der Waals surface area contributed by atoms with Gasteiger partial charge in [-0.05, 0) is 56.6 Å². The molecule has 2 nitrogen and oxygen atoms in total. The van der Waals surface area contributed by atoms with E-state index in [0.29, 0.717) is 5.92 Å². The first-order valence-electron chi connectivity index (χ1n) is 7.68. The zero-order chi connectivity index (χ0) is 14.7. The minimum Gasteiger partial charge on any atom is -0.487 e. The van der Waals surface area contributed by atoms with E-state index >= 15 is 0 Å². The Bertz CT molecular complexity index is 518. The van der Waals surface area contributed by atoms with Gasteiger partial charge >= 0.3 is 0 Å². The summed E-state index contributed by atoms with van der Waals surface area (Å²) in [7, 11) is 0. The van der Waals surface area contributed by atoms with E-state index in [2.05, 4.69) is 6.08 Å². The SMILES string of the molecule is Fc1c(OC/C=C/C2CC2)ccc(OC2CCCC2)c1F. The van der Waals surface area contributed by atoms with E-state index in [-0.39, 0.29) is 24.2 Å². The van der Waals surface area contributed by atoms with Crippen LogP contribution in [0, 0.1) is 17.6 Å². The van der Waals surface area contributed by atoms with Crippen LogP contribution < -0.4 is 9.47 Å². The molecule has 0 heterocycles. The molecule has 0 atom stereocenters. The molecule has 0 spiro atoms. The number of allylic oxidation sites excluding steroid dienone is 1. The molecule has 0 amide bonds. The minimum atomic E-state index is -0.967. The summed E-state index contributed by atoms with van der Waals surface area (Å²) < 4.78 is 38.7. The molecule has 0 unspecified atom stereocenters. The molecule has 1 aromatic rings. The Labute approximate surface area is 123 Å². The Morgan fingerprint density at radius 3 is 2.38 bits per heavy atom. The topological polar surface area (TPSA) is 18.5 Å². The summed E-state index contributed by atoms with van der Waals surface area (Å²) in [5.74, 6) is -1.35. The van der Waals surface area contributed by atoms with Crippen LogP contribution in [-0.2, 0) is 0 Å². The van der Waals surface area contributed by atoms with Crippen LogP contribution in [0.3, 0.4) is 0 Å². The quantitative estimate of drug-likeness (QED) is 0.712. The molecule has 3 rings (SSSR count). The van der Waals surface area contributed by atoms with Crippen LogP contribution in [0.5, 0.6) is 11.5 Å². The number of halogens is 2. The highest BCUT2D eigenvalue weighted by Crippen LogP contribution is 2.32. The molecular formula is C17H20F2O2. The Kier molecular flexibility index (Phi) is 4.42. The van der Waals surface area contributed by atoms with Gasteiger partial charge in [-0.15, -0.1) is 0 Å². The third-order valence-electron chi connectivity index (χ3n) is 3.97. The van der Waals surface area contributed by atoms with Gasteiger partial charge in [-0.1, -0.05) is 12.2 Å². The van der Waals surface area contributed by atoms with Crippen molar-refractivity contribution in [3.63, 3.8) is 0 Å². The van der Waals surface area contributed by atoms with E-state index < -0.39 is 11.6 Å². The maximum absolute atomic E-state index is 14.0. The van der Waals surface area contributed by atoms with Crippen molar-refractivity contribution < 1.29 is 18.3 Å². The number of hydrogen-bond donors (Lipinski definition) is 0. The normalized spacial score (nSPS) is 19.3. The van der Waals surface area contributed by atoms with Crippen LogP contribution in [0.25, 0.3) is 0 Å². The maximum atomic E-state index is 14.0. The highest BCUT2D eigenvalue weighted by atomic mass is 19.2. The summed E-state index contributed by atoms with van der Waals surface area (Å²) in [6, 6.07) is 2.89. The fourth-order valence-corrected chi connectivity index (χ4v) is 2.58. The molecule has 2 saturated carbocycles. The predicted octanol–water partition coefficient (Wildman–Crippen LogP) is 4.63.